The van der Waals surface area contributed by atoms with E-state index in [-0.39, 0.29) is 12.4 Å². The average Bonchev–Trinajstić information content (AvgIpc) is 2.37. The fraction of sp³-hybridized carbons (Fsp3) is 0.143. The molecule has 2 rings (SSSR count). The van der Waals surface area contributed by atoms with E-state index in [1.165, 1.54) is 6.07 Å². The molecule has 0 saturated carbocycles. The highest BCUT2D eigenvalue weighted by Crippen LogP contribution is 2.28. The second kappa shape index (κ2) is 5.48. The fourth-order valence-electron chi connectivity index (χ4n) is 1.70. The number of rotatable bonds is 2. The minimum Gasteiger partial charge on any atom is -0.433 e. The van der Waals surface area contributed by atoms with Crippen LogP contribution < -0.4 is 4.74 Å². The van der Waals surface area contributed by atoms with E-state index < -0.39 is 6.61 Å². The third kappa shape index (κ3) is 2.58. The third-order valence-electron chi connectivity index (χ3n) is 2.40. The summed E-state index contributed by atoms with van der Waals surface area (Å²) in [4.78, 5) is 0. The molecule has 0 spiro atoms. The van der Waals surface area contributed by atoms with Crippen LogP contribution in [0, 0.1) is 11.8 Å². The minimum absolute atomic E-state index is 0.0182. The van der Waals surface area contributed by atoms with Gasteiger partial charge in [0.1, 0.15) is 12.4 Å². The van der Waals surface area contributed by atoms with Crippen molar-refractivity contribution in [1.82, 2.24) is 0 Å². The molecular weight excluding hydrogens is 238 g/mol. The lowest BCUT2D eigenvalue weighted by molar-refractivity contribution is -0.0499. The maximum absolute atomic E-state index is 12.3. The van der Waals surface area contributed by atoms with E-state index in [1.807, 2.05) is 12.1 Å². The Labute approximate surface area is 103 Å². The molecule has 2 nitrogen and oxygen atoms in total. The molecule has 18 heavy (non-hydrogen) atoms. The summed E-state index contributed by atoms with van der Waals surface area (Å²) in [5, 5.41) is 10.3. The molecule has 2 aromatic rings. The lowest BCUT2D eigenvalue weighted by Crippen LogP contribution is -2.03. The minimum atomic E-state index is -2.90. The van der Waals surface area contributed by atoms with Crippen molar-refractivity contribution in [3.8, 4) is 17.6 Å². The van der Waals surface area contributed by atoms with Crippen LogP contribution in [0.3, 0.4) is 0 Å². The average molecular weight is 248 g/mol. The lowest BCUT2D eigenvalue weighted by atomic mass is 10.0. The van der Waals surface area contributed by atoms with Gasteiger partial charge in [-0.3, -0.25) is 0 Å². The first-order valence-corrected chi connectivity index (χ1v) is 5.28. The summed E-state index contributed by atoms with van der Waals surface area (Å²) < 4.78 is 29.0. The van der Waals surface area contributed by atoms with Crippen LogP contribution in [0.4, 0.5) is 8.78 Å². The van der Waals surface area contributed by atoms with Crippen LogP contribution in [0.5, 0.6) is 5.75 Å². The Morgan fingerprint density at radius 2 is 1.94 bits per heavy atom. The summed E-state index contributed by atoms with van der Waals surface area (Å²) in [5.41, 5.74) is 0.363. The zero-order valence-electron chi connectivity index (χ0n) is 9.36. The smallest absolute Gasteiger partial charge is 0.387 e. The quantitative estimate of drug-likeness (QED) is 0.828. The van der Waals surface area contributed by atoms with Gasteiger partial charge in [-0.25, -0.2) is 0 Å². The number of hydrogen-bond donors (Lipinski definition) is 1. The van der Waals surface area contributed by atoms with Gasteiger partial charge in [0.05, 0.1) is 5.56 Å². The molecule has 0 radical (unpaired) electrons. The highest BCUT2D eigenvalue weighted by Gasteiger charge is 2.11. The van der Waals surface area contributed by atoms with E-state index >= 15 is 0 Å². The second-order valence-electron chi connectivity index (χ2n) is 3.50. The Balaban J connectivity index is 2.63. The van der Waals surface area contributed by atoms with Crippen LogP contribution in [0.1, 0.15) is 5.56 Å². The van der Waals surface area contributed by atoms with Crippen LogP contribution in [0.2, 0.25) is 0 Å². The van der Waals surface area contributed by atoms with E-state index in [2.05, 4.69) is 16.6 Å². The number of halogens is 2. The zero-order valence-corrected chi connectivity index (χ0v) is 9.36. The number of aliphatic hydroxyl groups is 1. The topological polar surface area (TPSA) is 29.5 Å². The summed E-state index contributed by atoms with van der Waals surface area (Å²) in [5.74, 6) is 5.12. The molecular formula is C14H10F2O2. The van der Waals surface area contributed by atoms with Gasteiger partial charge in [-0.05, 0) is 11.5 Å². The van der Waals surface area contributed by atoms with Crippen LogP contribution in [-0.2, 0) is 0 Å². The van der Waals surface area contributed by atoms with Crippen molar-refractivity contribution in [2.24, 2.45) is 0 Å². The Morgan fingerprint density at radius 3 is 2.67 bits per heavy atom. The van der Waals surface area contributed by atoms with E-state index in [1.54, 1.807) is 18.2 Å². The van der Waals surface area contributed by atoms with Crippen LogP contribution >= 0.6 is 0 Å². The molecule has 0 heterocycles. The molecule has 0 amide bonds. The van der Waals surface area contributed by atoms with Crippen molar-refractivity contribution < 1.29 is 18.6 Å². The van der Waals surface area contributed by atoms with Gasteiger partial charge in [-0.2, -0.15) is 8.78 Å². The van der Waals surface area contributed by atoms with E-state index in [0.717, 1.165) is 10.8 Å². The van der Waals surface area contributed by atoms with Gasteiger partial charge >= 0.3 is 6.61 Å². The first-order chi connectivity index (χ1) is 8.72. The van der Waals surface area contributed by atoms with Gasteiger partial charge in [0.2, 0.25) is 0 Å². The number of fused-ring (bicyclic) bond motifs is 1. The largest absolute Gasteiger partial charge is 0.433 e. The zero-order chi connectivity index (χ0) is 13.0. The SMILES string of the molecule is OCC#Cc1c(OC(F)F)ccc2ccccc12. The molecule has 4 heteroatoms. The normalized spacial score (nSPS) is 10.2. The number of aliphatic hydroxyl groups excluding tert-OH is 1. The molecule has 1 N–H and O–H groups in total. The Morgan fingerprint density at radius 1 is 1.17 bits per heavy atom. The Kier molecular flexibility index (Phi) is 3.75. The standard InChI is InChI=1S/C14H10F2O2/c15-14(16)18-13-8-7-10-4-1-2-5-11(10)12(13)6-3-9-17/h1-2,4-5,7-8,14,17H,9H2. The van der Waals surface area contributed by atoms with Crippen LogP contribution in [-0.4, -0.2) is 18.3 Å². The van der Waals surface area contributed by atoms with Gasteiger partial charge in [-0.1, -0.05) is 42.2 Å². The number of hydrogen-bond acceptors (Lipinski definition) is 2. The Hall–Kier alpha value is -2.12. The fourth-order valence-corrected chi connectivity index (χ4v) is 1.70. The Bertz CT molecular complexity index is 612. The van der Waals surface area contributed by atoms with Gasteiger partial charge in [0.15, 0.2) is 0 Å². The molecule has 0 aliphatic rings. The van der Waals surface area contributed by atoms with Crippen molar-refractivity contribution in [1.29, 1.82) is 0 Å². The summed E-state index contributed by atoms with van der Waals surface area (Å²) in [7, 11) is 0. The van der Waals surface area contributed by atoms with Gasteiger partial charge in [0.25, 0.3) is 0 Å². The molecule has 2 aromatic carbocycles. The highest BCUT2D eigenvalue weighted by atomic mass is 19.3. The second-order valence-corrected chi connectivity index (χ2v) is 3.50. The van der Waals surface area contributed by atoms with Crippen molar-refractivity contribution in [2.75, 3.05) is 6.61 Å². The van der Waals surface area contributed by atoms with Crippen molar-refractivity contribution in [3.63, 3.8) is 0 Å². The maximum Gasteiger partial charge on any atom is 0.387 e. The molecule has 0 aliphatic carbocycles. The molecule has 92 valence electrons. The molecule has 0 atom stereocenters. The van der Waals surface area contributed by atoms with Gasteiger partial charge < -0.3 is 9.84 Å². The number of benzene rings is 2. The lowest BCUT2D eigenvalue weighted by Gasteiger charge is -2.09. The molecule has 0 fully saturated rings. The summed E-state index contributed by atoms with van der Waals surface area (Å²) >= 11 is 0. The van der Waals surface area contributed by atoms with E-state index in [0.29, 0.717) is 5.56 Å². The van der Waals surface area contributed by atoms with Crippen LogP contribution in [0.15, 0.2) is 36.4 Å². The van der Waals surface area contributed by atoms with Gasteiger partial charge in [0, 0.05) is 5.39 Å². The molecule has 0 aliphatic heterocycles. The first-order valence-electron chi connectivity index (χ1n) is 5.28. The summed E-state index contributed by atoms with van der Waals surface area (Å²) in [6, 6.07) is 10.4. The monoisotopic (exact) mass is 248 g/mol. The molecule has 0 aromatic heterocycles. The maximum atomic E-state index is 12.3. The van der Waals surface area contributed by atoms with Gasteiger partial charge in [-0.15, -0.1) is 0 Å². The van der Waals surface area contributed by atoms with Crippen molar-refractivity contribution >= 4 is 10.8 Å². The molecule has 0 saturated heterocycles. The predicted molar refractivity (Wildman–Crippen MR) is 64.5 cm³/mol. The van der Waals surface area contributed by atoms with Crippen molar-refractivity contribution in [3.05, 3.63) is 42.0 Å². The van der Waals surface area contributed by atoms with Crippen molar-refractivity contribution in [2.45, 2.75) is 6.61 Å². The summed E-state index contributed by atoms with van der Waals surface area (Å²) in [6.45, 7) is -3.24. The first kappa shape index (κ1) is 12.3. The molecule has 0 unspecified atom stereocenters. The summed E-state index contributed by atoms with van der Waals surface area (Å²) in [6.07, 6.45) is 0. The van der Waals surface area contributed by atoms with Crippen LogP contribution in [0.25, 0.3) is 10.8 Å². The van der Waals surface area contributed by atoms with E-state index in [9.17, 15) is 8.78 Å². The number of ether oxygens (including phenoxy) is 1. The van der Waals surface area contributed by atoms with E-state index in [4.69, 9.17) is 5.11 Å². The number of alkyl halides is 2. The molecule has 0 bridgehead atoms. The predicted octanol–water partition coefficient (Wildman–Crippen LogP) is 2.79. The third-order valence-corrected chi connectivity index (χ3v) is 2.40. The highest BCUT2D eigenvalue weighted by molar-refractivity contribution is 5.90.